The first-order valence-electron chi connectivity index (χ1n) is 6.92. The monoisotopic (exact) mass is 269 g/mol. The fourth-order valence-electron chi connectivity index (χ4n) is 1.82. The van der Waals surface area contributed by atoms with E-state index in [1.54, 1.807) is 7.11 Å². The van der Waals surface area contributed by atoms with Crippen molar-refractivity contribution in [3.05, 3.63) is 23.2 Å². The lowest BCUT2D eigenvalue weighted by molar-refractivity contribution is -0.00665. The van der Waals surface area contributed by atoms with Gasteiger partial charge in [0.2, 0.25) is 0 Å². The van der Waals surface area contributed by atoms with E-state index in [0.717, 1.165) is 24.6 Å². The summed E-state index contributed by atoms with van der Waals surface area (Å²) in [6, 6.07) is 2.05. The number of hydrogen-bond donors (Lipinski definition) is 1. The molecular weight excluding hydrogens is 242 g/mol. The summed E-state index contributed by atoms with van der Waals surface area (Å²) < 4.78 is 16.5. The highest BCUT2D eigenvalue weighted by Crippen LogP contribution is 2.16. The van der Waals surface area contributed by atoms with Crippen LogP contribution in [0.4, 0.5) is 0 Å². The first-order valence-corrected chi connectivity index (χ1v) is 6.92. The van der Waals surface area contributed by atoms with Crippen LogP contribution in [0.1, 0.15) is 37.9 Å². The molecule has 0 aliphatic rings. The van der Waals surface area contributed by atoms with Crippen molar-refractivity contribution in [2.45, 2.75) is 47.0 Å². The SMILES string of the molecule is COCC(C)OCc1cc(C)c(CNCC(C)C)o1. The van der Waals surface area contributed by atoms with Crippen LogP contribution in [0.25, 0.3) is 0 Å². The minimum atomic E-state index is 0.0814. The number of methoxy groups -OCH3 is 1. The maximum absolute atomic E-state index is 5.80. The van der Waals surface area contributed by atoms with Crippen LogP contribution >= 0.6 is 0 Å². The van der Waals surface area contributed by atoms with Crippen molar-refractivity contribution in [1.82, 2.24) is 5.32 Å². The third kappa shape index (κ3) is 6.23. The number of hydrogen-bond acceptors (Lipinski definition) is 4. The van der Waals surface area contributed by atoms with Gasteiger partial charge in [0.05, 0.1) is 19.3 Å². The van der Waals surface area contributed by atoms with E-state index in [4.69, 9.17) is 13.9 Å². The smallest absolute Gasteiger partial charge is 0.130 e. The molecule has 0 spiro atoms. The molecule has 0 saturated carbocycles. The zero-order valence-corrected chi connectivity index (χ0v) is 12.8. The zero-order chi connectivity index (χ0) is 14.3. The van der Waals surface area contributed by atoms with E-state index in [1.165, 1.54) is 5.56 Å². The van der Waals surface area contributed by atoms with Crippen molar-refractivity contribution in [1.29, 1.82) is 0 Å². The molecule has 4 heteroatoms. The van der Waals surface area contributed by atoms with Gasteiger partial charge in [-0.2, -0.15) is 0 Å². The molecule has 1 N–H and O–H groups in total. The Morgan fingerprint density at radius 3 is 2.68 bits per heavy atom. The van der Waals surface area contributed by atoms with Crippen LogP contribution in [0.2, 0.25) is 0 Å². The van der Waals surface area contributed by atoms with Gasteiger partial charge in [0.25, 0.3) is 0 Å². The summed E-state index contributed by atoms with van der Waals surface area (Å²) in [5, 5.41) is 3.39. The Kier molecular flexibility index (Phi) is 7.13. The molecule has 1 unspecified atom stereocenters. The van der Waals surface area contributed by atoms with Gasteiger partial charge in [-0.05, 0) is 37.9 Å². The summed E-state index contributed by atoms with van der Waals surface area (Å²) >= 11 is 0. The van der Waals surface area contributed by atoms with Crippen LogP contribution in [-0.4, -0.2) is 26.4 Å². The van der Waals surface area contributed by atoms with Crippen molar-refractivity contribution in [3.63, 3.8) is 0 Å². The van der Waals surface area contributed by atoms with Gasteiger partial charge >= 0.3 is 0 Å². The molecule has 1 rings (SSSR count). The molecule has 0 aromatic carbocycles. The molecule has 0 aliphatic carbocycles. The van der Waals surface area contributed by atoms with Crippen molar-refractivity contribution in [2.24, 2.45) is 5.92 Å². The second-order valence-corrected chi connectivity index (χ2v) is 5.42. The average Bonchev–Trinajstić information content (AvgIpc) is 2.68. The number of nitrogens with one attached hydrogen (secondary N) is 1. The highest BCUT2D eigenvalue weighted by atomic mass is 16.5. The molecule has 1 aromatic heterocycles. The fraction of sp³-hybridized carbons (Fsp3) is 0.733. The number of ether oxygens (including phenoxy) is 2. The first-order chi connectivity index (χ1) is 9.02. The molecule has 0 radical (unpaired) electrons. The Balaban J connectivity index is 2.40. The van der Waals surface area contributed by atoms with Gasteiger partial charge in [-0.3, -0.25) is 0 Å². The minimum absolute atomic E-state index is 0.0814. The van der Waals surface area contributed by atoms with Crippen molar-refractivity contribution in [3.8, 4) is 0 Å². The quantitative estimate of drug-likeness (QED) is 0.748. The summed E-state index contributed by atoms with van der Waals surface area (Å²) in [4.78, 5) is 0. The maximum atomic E-state index is 5.80. The molecule has 1 aromatic rings. The lowest BCUT2D eigenvalue weighted by Crippen LogP contribution is -2.19. The number of aryl methyl sites for hydroxylation is 1. The second kappa shape index (κ2) is 8.35. The summed E-state index contributed by atoms with van der Waals surface area (Å²) in [7, 11) is 1.68. The van der Waals surface area contributed by atoms with Gasteiger partial charge in [-0.1, -0.05) is 13.8 Å². The molecule has 1 atom stereocenters. The van der Waals surface area contributed by atoms with E-state index in [2.05, 4.69) is 26.1 Å². The van der Waals surface area contributed by atoms with E-state index < -0.39 is 0 Å². The molecule has 19 heavy (non-hydrogen) atoms. The Hall–Kier alpha value is -0.840. The number of furan rings is 1. The summed E-state index contributed by atoms with van der Waals surface area (Å²) in [6.07, 6.45) is 0.0814. The summed E-state index contributed by atoms with van der Waals surface area (Å²) in [5.41, 5.74) is 1.18. The Morgan fingerprint density at radius 1 is 1.32 bits per heavy atom. The van der Waals surface area contributed by atoms with Crippen LogP contribution in [0.3, 0.4) is 0 Å². The topological polar surface area (TPSA) is 43.6 Å². The summed E-state index contributed by atoms with van der Waals surface area (Å²) in [6.45, 7) is 11.3. The van der Waals surface area contributed by atoms with E-state index in [0.29, 0.717) is 19.1 Å². The average molecular weight is 269 g/mol. The normalized spacial score (nSPS) is 13.2. The highest BCUT2D eigenvalue weighted by Gasteiger charge is 2.09. The first kappa shape index (κ1) is 16.2. The van der Waals surface area contributed by atoms with E-state index in [9.17, 15) is 0 Å². The molecule has 0 amide bonds. The summed E-state index contributed by atoms with van der Waals surface area (Å²) in [5.74, 6) is 2.52. The van der Waals surface area contributed by atoms with Crippen molar-refractivity contribution < 1.29 is 13.9 Å². The lowest BCUT2D eigenvalue weighted by atomic mass is 10.2. The van der Waals surface area contributed by atoms with Crippen LogP contribution in [0.15, 0.2) is 10.5 Å². The fourth-order valence-corrected chi connectivity index (χ4v) is 1.82. The van der Waals surface area contributed by atoms with E-state index in [1.807, 2.05) is 13.0 Å². The van der Waals surface area contributed by atoms with Crippen molar-refractivity contribution >= 4 is 0 Å². The van der Waals surface area contributed by atoms with Gasteiger partial charge in [0.1, 0.15) is 18.1 Å². The molecule has 0 aliphatic heterocycles. The van der Waals surface area contributed by atoms with Crippen LogP contribution in [-0.2, 0) is 22.6 Å². The largest absolute Gasteiger partial charge is 0.462 e. The van der Waals surface area contributed by atoms with Crippen molar-refractivity contribution in [2.75, 3.05) is 20.3 Å². The standard InChI is InChI=1S/C15H27NO3/c1-11(2)7-16-8-15-12(3)6-14(19-15)10-18-13(4)9-17-5/h6,11,13,16H,7-10H2,1-5H3. The molecule has 0 bridgehead atoms. The van der Waals surface area contributed by atoms with Gasteiger partial charge in [-0.25, -0.2) is 0 Å². The predicted octanol–water partition coefficient (Wildman–Crippen LogP) is 2.89. The Morgan fingerprint density at radius 2 is 2.05 bits per heavy atom. The third-order valence-corrected chi connectivity index (χ3v) is 2.82. The third-order valence-electron chi connectivity index (χ3n) is 2.82. The Bertz CT molecular complexity index is 360. The van der Waals surface area contributed by atoms with Gasteiger partial charge in [0, 0.05) is 7.11 Å². The molecule has 110 valence electrons. The van der Waals surface area contributed by atoms with Crippen LogP contribution in [0.5, 0.6) is 0 Å². The zero-order valence-electron chi connectivity index (χ0n) is 12.8. The van der Waals surface area contributed by atoms with Crippen LogP contribution in [0, 0.1) is 12.8 Å². The Labute approximate surface area is 116 Å². The van der Waals surface area contributed by atoms with E-state index in [-0.39, 0.29) is 6.10 Å². The molecule has 0 fully saturated rings. The van der Waals surface area contributed by atoms with Gasteiger partial charge in [-0.15, -0.1) is 0 Å². The molecule has 1 heterocycles. The minimum Gasteiger partial charge on any atom is -0.462 e. The van der Waals surface area contributed by atoms with Gasteiger partial charge < -0.3 is 19.2 Å². The molecular formula is C15H27NO3. The van der Waals surface area contributed by atoms with E-state index >= 15 is 0 Å². The highest BCUT2D eigenvalue weighted by molar-refractivity contribution is 5.19. The predicted molar refractivity (Wildman–Crippen MR) is 76.1 cm³/mol. The molecule has 4 nitrogen and oxygen atoms in total. The van der Waals surface area contributed by atoms with Gasteiger partial charge in [0.15, 0.2) is 0 Å². The van der Waals surface area contributed by atoms with Crippen LogP contribution < -0.4 is 5.32 Å². The second-order valence-electron chi connectivity index (χ2n) is 5.42. The maximum Gasteiger partial charge on any atom is 0.130 e. The lowest BCUT2D eigenvalue weighted by Gasteiger charge is -2.10. The number of rotatable bonds is 9. The molecule has 0 saturated heterocycles.